The molecule has 2 unspecified atom stereocenters. The summed E-state index contributed by atoms with van der Waals surface area (Å²) in [7, 11) is 4.02. The number of halogens is 1. The smallest absolute Gasteiger partial charge is 0.223 e. The molecule has 9 heteroatoms. The molecule has 0 spiro atoms. The summed E-state index contributed by atoms with van der Waals surface area (Å²) in [4.78, 5) is 26.7. The SMILES string of the molecule is CN(C)CCOc1cccc(-c2nc3ncc(Cl)c(NC4C(C(N)=O)[C@@H]5C=C[C@H]4C5)c3[nH]2)c1. The van der Waals surface area contributed by atoms with Crippen LogP contribution in [0, 0.1) is 17.8 Å². The second kappa shape index (κ2) is 8.68. The summed E-state index contributed by atoms with van der Waals surface area (Å²) in [6, 6.07) is 7.67. The number of imidazole rings is 1. The lowest BCUT2D eigenvalue weighted by atomic mass is 9.88. The maximum Gasteiger partial charge on any atom is 0.223 e. The van der Waals surface area contributed by atoms with Crippen LogP contribution >= 0.6 is 11.6 Å². The number of nitrogens with zero attached hydrogens (tertiary/aromatic N) is 3. The first-order chi connectivity index (χ1) is 15.9. The number of aromatic amines is 1. The number of hydrogen-bond donors (Lipinski definition) is 3. The molecular weight excluding hydrogens is 440 g/mol. The molecule has 2 aliphatic carbocycles. The molecule has 4 N–H and O–H groups in total. The number of nitrogens with one attached hydrogen (secondary N) is 2. The van der Waals surface area contributed by atoms with E-state index in [0.29, 0.717) is 34.3 Å². The number of aromatic nitrogens is 3. The van der Waals surface area contributed by atoms with Gasteiger partial charge in [0.15, 0.2) is 5.65 Å². The molecule has 1 fully saturated rings. The van der Waals surface area contributed by atoms with Crippen LogP contribution in [0.1, 0.15) is 6.42 Å². The van der Waals surface area contributed by atoms with Gasteiger partial charge >= 0.3 is 0 Å². The lowest BCUT2D eigenvalue weighted by molar-refractivity contribution is -0.122. The molecule has 2 heterocycles. The third-order valence-corrected chi connectivity index (χ3v) is 6.77. The van der Waals surface area contributed by atoms with Crippen molar-refractivity contribution in [3.63, 3.8) is 0 Å². The van der Waals surface area contributed by atoms with Crippen LogP contribution in [0.2, 0.25) is 5.02 Å². The van der Waals surface area contributed by atoms with Gasteiger partial charge in [0.1, 0.15) is 23.7 Å². The second-order valence-electron chi connectivity index (χ2n) is 8.99. The van der Waals surface area contributed by atoms with E-state index in [0.717, 1.165) is 24.3 Å². The van der Waals surface area contributed by atoms with E-state index < -0.39 is 0 Å². The number of carbonyl (C=O) groups excluding carboxylic acids is 1. The Morgan fingerprint density at radius 2 is 2.15 bits per heavy atom. The number of anilines is 1. The predicted octanol–water partition coefficient (Wildman–Crippen LogP) is 3.31. The van der Waals surface area contributed by atoms with Crippen molar-refractivity contribution in [1.82, 2.24) is 19.9 Å². The number of rotatable bonds is 8. The first kappa shape index (κ1) is 21.7. The number of nitrogens with two attached hydrogens (primary N) is 1. The molecule has 3 aromatic rings. The minimum absolute atomic E-state index is 0.110. The number of hydrogen-bond acceptors (Lipinski definition) is 6. The van der Waals surface area contributed by atoms with E-state index in [9.17, 15) is 4.79 Å². The molecule has 2 aliphatic rings. The third kappa shape index (κ3) is 4.16. The van der Waals surface area contributed by atoms with Gasteiger partial charge in [0.2, 0.25) is 5.91 Å². The number of likely N-dealkylation sites (N-methyl/N-ethyl adjacent to an activating group) is 1. The number of amides is 1. The molecule has 2 bridgehead atoms. The predicted molar refractivity (Wildman–Crippen MR) is 129 cm³/mol. The van der Waals surface area contributed by atoms with E-state index in [1.54, 1.807) is 6.20 Å². The van der Waals surface area contributed by atoms with E-state index in [1.165, 1.54) is 0 Å². The van der Waals surface area contributed by atoms with Crippen LogP contribution < -0.4 is 15.8 Å². The highest BCUT2D eigenvalue weighted by atomic mass is 35.5. The minimum Gasteiger partial charge on any atom is -0.492 e. The van der Waals surface area contributed by atoms with Gasteiger partial charge in [-0.25, -0.2) is 9.97 Å². The number of benzene rings is 1. The minimum atomic E-state index is -0.290. The molecule has 4 atom stereocenters. The number of fused-ring (bicyclic) bond motifs is 3. The van der Waals surface area contributed by atoms with Crippen molar-refractivity contribution in [1.29, 1.82) is 0 Å². The van der Waals surface area contributed by atoms with Crippen molar-refractivity contribution >= 4 is 34.4 Å². The molecular formula is C24H27ClN6O2. The molecule has 1 saturated carbocycles. The largest absolute Gasteiger partial charge is 0.492 e. The van der Waals surface area contributed by atoms with Gasteiger partial charge in [0.05, 0.1) is 22.8 Å². The van der Waals surface area contributed by atoms with Crippen molar-refractivity contribution < 1.29 is 9.53 Å². The highest BCUT2D eigenvalue weighted by molar-refractivity contribution is 6.34. The number of allylic oxidation sites excluding steroid dienone is 1. The van der Waals surface area contributed by atoms with Crippen molar-refractivity contribution in [2.24, 2.45) is 23.5 Å². The van der Waals surface area contributed by atoms with Crippen LogP contribution in [0.5, 0.6) is 5.75 Å². The lowest BCUT2D eigenvalue weighted by Gasteiger charge is -2.28. The summed E-state index contributed by atoms with van der Waals surface area (Å²) in [5.74, 6) is 1.30. The number of ether oxygens (including phenoxy) is 1. The molecule has 0 radical (unpaired) electrons. The summed E-state index contributed by atoms with van der Waals surface area (Å²) in [6.07, 6.45) is 6.77. The first-order valence-electron chi connectivity index (χ1n) is 11.1. The molecule has 0 saturated heterocycles. The maximum atomic E-state index is 12.1. The normalized spacial score (nSPS) is 23.5. The molecule has 172 valence electrons. The zero-order valence-corrected chi connectivity index (χ0v) is 19.3. The van der Waals surface area contributed by atoms with E-state index in [4.69, 9.17) is 22.1 Å². The van der Waals surface area contributed by atoms with Gasteiger partial charge in [-0.3, -0.25) is 4.79 Å². The Labute approximate surface area is 197 Å². The van der Waals surface area contributed by atoms with Gasteiger partial charge < -0.3 is 25.7 Å². The summed E-state index contributed by atoms with van der Waals surface area (Å²) in [5.41, 5.74) is 8.55. The van der Waals surface area contributed by atoms with Gasteiger partial charge in [-0.05, 0) is 44.5 Å². The molecule has 33 heavy (non-hydrogen) atoms. The van der Waals surface area contributed by atoms with Crippen LogP contribution in [0.4, 0.5) is 5.69 Å². The molecule has 0 aliphatic heterocycles. The molecule has 1 amide bonds. The third-order valence-electron chi connectivity index (χ3n) is 6.49. The first-order valence-corrected chi connectivity index (χ1v) is 11.4. The molecule has 5 rings (SSSR count). The van der Waals surface area contributed by atoms with Gasteiger partial charge in [0, 0.05) is 18.2 Å². The van der Waals surface area contributed by atoms with Gasteiger partial charge in [-0.1, -0.05) is 35.9 Å². The standard InChI is InChI=1S/C24H27ClN6O2/c1-31(2)8-9-33-16-5-3-4-15(11-16)23-29-21-20(17(25)12-27-24(21)30-23)28-19-14-7-6-13(10-14)18(19)22(26)32/h3-7,11-14,18-19H,8-10H2,1-2H3,(H2,26,32)(H2,27,28,29,30)/t13-,14+,18?,19?/m1/s1. The maximum absolute atomic E-state index is 12.1. The zero-order valence-electron chi connectivity index (χ0n) is 18.6. The van der Waals surface area contributed by atoms with E-state index in [1.807, 2.05) is 38.4 Å². The Morgan fingerprint density at radius 3 is 2.94 bits per heavy atom. The summed E-state index contributed by atoms with van der Waals surface area (Å²) < 4.78 is 5.86. The number of pyridine rings is 1. The fourth-order valence-corrected chi connectivity index (χ4v) is 5.06. The monoisotopic (exact) mass is 466 g/mol. The summed E-state index contributed by atoms with van der Waals surface area (Å²) in [6.45, 7) is 1.43. The Bertz CT molecular complexity index is 1220. The fourth-order valence-electron chi connectivity index (χ4n) is 4.86. The lowest BCUT2D eigenvalue weighted by Crippen LogP contribution is -2.41. The van der Waals surface area contributed by atoms with Crippen LogP contribution in [0.3, 0.4) is 0 Å². The second-order valence-corrected chi connectivity index (χ2v) is 9.40. The fraction of sp³-hybridized carbons (Fsp3) is 0.375. The Hall–Kier alpha value is -3.10. The van der Waals surface area contributed by atoms with Gasteiger partial charge in [-0.2, -0.15) is 0 Å². The van der Waals surface area contributed by atoms with Crippen molar-refractivity contribution in [3.05, 3.63) is 47.6 Å². The van der Waals surface area contributed by atoms with Crippen LogP contribution in [-0.2, 0) is 4.79 Å². The van der Waals surface area contributed by atoms with Crippen LogP contribution in [0.15, 0.2) is 42.6 Å². The topological polar surface area (TPSA) is 109 Å². The Kier molecular flexibility index (Phi) is 5.72. The van der Waals surface area contributed by atoms with Crippen LogP contribution in [0.25, 0.3) is 22.6 Å². The highest BCUT2D eigenvalue weighted by Gasteiger charge is 2.47. The highest BCUT2D eigenvalue weighted by Crippen LogP contribution is 2.46. The summed E-state index contributed by atoms with van der Waals surface area (Å²) >= 11 is 6.54. The Morgan fingerprint density at radius 1 is 1.33 bits per heavy atom. The molecule has 8 nitrogen and oxygen atoms in total. The van der Waals surface area contributed by atoms with Crippen LogP contribution in [-0.4, -0.2) is 59.0 Å². The average Bonchev–Trinajstić information content (AvgIpc) is 3.50. The van der Waals surface area contributed by atoms with Gasteiger partial charge in [0.25, 0.3) is 0 Å². The van der Waals surface area contributed by atoms with Gasteiger partial charge in [-0.15, -0.1) is 0 Å². The average molecular weight is 467 g/mol. The Balaban J connectivity index is 1.45. The van der Waals surface area contributed by atoms with Crippen molar-refractivity contribution in [2.45, 2.75) is 12.5 Å². The molecule has 2 aromatic heterocycles. The number of carbonyl (C=O) groups is 1. The van der Waals surface area contributed by atoms with E-state index >= 15 is 0 Å². The number of primary amides is 1. The summed E-state index contributed by atoms with van der Waals surface area (Å²) in [5, 5.41) is 3.97. The van der Waals surface area contributed by atoms with E-state index in [2.05, 4.69) is 37.3 Å². The van der Waals surface area contributed by atoms with Crippen molar-refractivity contribution in [3.8, 4) is 17.1 Å². The quantitative estimate of drug-likeness (QED) is 0.439. The number of H-pyrrole nitrogens is 1. The zero-order chi connectivity index (χ0) is 23.1. The van der Waals surface area contributed by atoms with Crippen molar-refractivity contribution in [2.75, 3.05) is 32.6 Å². The van der Waals surface area contributed by atoms with E-state index in [-0.39, 0.29) is 29.7 Å². The molecule has 1 aromatic carbocycles.